The van der Waals surface area contributed by atoms with Gasteiger partial charge in [-0.3, -0.25) is 0 Å². The molecule has 3 nitrogen and oxygen atoms in total. The standard InChI is InChI=1S/C17H27NO2/c1-17(2,3)15-6-4-7-16(14-15)20-11-5-8-18-9-12-19-13-10-18/h4,6-7,14H,5,8-13H2,1-3H3/p+1. The molecule has 1 aliphatic rings. The second-order valence-electron chi connectivity index (χ2n) is 6.59. The summed E-state index contributed by atoms with van der Waals surface area (Å²) in [6.45, 7) is 12.8. The molecule has 3 heteroatoms. The smallest absolute Gasteiger partial charge is 0.119 e. The maximum Gasteiger partial charge on any atom is 0.119 e. The van der Waals surface area contributed by atoms with Crippen molar-refractivity contribution in [3.63, 3.8) is 0 Å². The van der Waals surface area contributed by atoms with Gasteiger partial charge in [-0.25, -0.2) is 0 Å². The van der Waals surface area contributed by atoms with Crippen LogP contribution in [0.4, 0.5) is 0 Å². The fourth-order valence-electron chi connectivity index (χ4n) is 2.47. The fraction of sp³-hybridized carbons (Fsp3) is 0.647. The van der Waals surface area contributed by atoms with Crippen molar-refractivity contribution in [1.29, 1.82) is 0 Å². The van der Waals surface area contributed by atoms with Gasteiger partial charge in [-0.05, 0) is 23.1 Å². The molecule has 0 atom stereocenters. The molecule has 0 saturated carbocycles. The molecule has 1 saturated heterocycles. The Morgan fingerprint density at radius 1 is 1.20 bits per heavy atom. The molecule has 0 spiro atoms. The SMILES string of the molecule is CC(C)(C)c1cccc(OCCC[NH+]2CCOCC2)c1. The highest BCUT2D eigenvalue weighted by Gasteiger charge is 2.14. The van der Waals surface area contributed by atoms with Crippen molar-refractivity contribution in [2.24, 2.45) is 0 Å². The van der Waals surface area contributed by atoms with Crippen molar-refractivity contribution in [1.82, 2.24) is 0 Å². The number of hydrogen-bond donors (Lipinski definition) is 1. The summed E-state index contributed by atoms with van der Waals surface area (Å²) in [6.07, 6.45) is 1.11. The number of rotatable bonds is 5. The number of ether oxygens (including phenoxy) is 2. The number of quaternary nitrogens is 1. The molecule has 0 unspecified atom stereocenters. The molecule has 2 rings (SSSR count). The van der Waals surface area contributed by atoms with E-state index in [1.165, 1.54) is 12.1 Å². The highest BCUT2D eigenvalue weighted by molar-refractivity contribution is 5.32. The first kappa shape index (κ1) is 15.3. The van der Waals surface area contributed by atoms with Crippen LogP contribution in [0.1, 0.15) is 32.8 Å². The van der Waals surface area contributed by atoms with Crippen molar-refractivity contribution >= 4 is 0 Å². The van der Waals surface area contributed by atoms with Gasteiger partial charge in [-0.2, -0.15) is 0 Å². The van der Waals surface area contributed by atoms with Gasteiger partial charge in [0, 0.05) is 6.42 Å². The molecule has 0 aromatic heterocycles. The molecule has 1 heterocycles. The van der Waals surface area contributed by atoms with Crippen molar-refractivity contribution in [3.8, 4) is 5.75 Å². The van der Waals surface area contributed by atoms with Crippen molar-refractivity contribution < 1.29 is 14.4 Å². The summed E-state index contributed by atoms with van der Waals surface area (Å²) in [5.74, 6) is 0.995. The first-order valence-electron chi connectivity index (χ1n) is 7.70. The van der Waals surface area contributed by atoms with E-state index in [2.05, 4.69) is 45.0 Å². The molecular formula is C17H28NO2+. The molecule has 1 aliphatic heterocycles. The number of nitrogens with one attached hydrogen (secondary N) is 1. The molecule has 0 aliphatic carbocycles. The van der Waals surface area contributed by atoms with Crippen LogP contribution in [0.25, 0.3) is 0 Å². The van der Waals surface area contributed by atoms with Gasteiger partial charge in [0.1, 0.15) is 18.8 Å². The molecule has 20 heavy (non-hydrogen) atoms. The Kier molecular flexibility index (Phi) is 5.44. The zero-order valence-corrected chi connectivity index (χ0v) is 13.1. The third-order valence-corrected chi connectivity index (χ3v) is 3.84. The maximum absolute atomic E-state index is 5.89. The summed E-state index contributed by atoms with van der Waals surface area (Å²) in [7, 11) is 0. The van der Waals surface area contributed by atoms with Crippen LogP contribution in [-0.4, -0.2) is 39.5 Å². The van der Waals surface area contributed by atoms with Crippen molar-refractivity contribution in [3.05, 3.63) is 29.8 Å². The van der Waals surface area contributed by atoms with Crippen LogP contribution in [-0.2, 0) is 10.2 Å². The van der Waals surface area contributed by atoms with E-state index in [1.807, 2.05) is 0 Å². The van der Waals surface area contributed by atoms with Gasteiger partial charge >= 0.3 is 0 Å². The lowest BCUT2D eigenvalue weighted by Crippen LogP contribution is -3.14. The number of morpholine rings is 1. The Balaban J connectivity index is 1.73. The van der Waals surface area contributed by atoms with Crippen LogP contribution in [0.5, 0.6) is 5.75 Å². The van der Waals surface area contributed by atoms with Gasteiger partial charge < -0.3 is 14.4 Å². The minimum Gasteiger partial charge on any atom is -0.493 e. The topological polar surface area (TPSA) is 22.9 Å². The predicted octanol–water partition coefficient (Wildman–Crippen LogP) is 1.67. The van der Waals surface area contributed by atoms with E-state index in [4.69, 9.17) is 9.47 Å². The zero-order valence-electron chi connectivity index (χ0n) is 13.1. The summed E-state index contributed by atoms with van der Waals surface area (Å²) >= 11 is 0. The summed E-state index contributed by atoms with van der Waals surface area (Å²) in [6, 6.07) is 8.48. The lowest BCUT2D eigenvalue weighted by Gasteiger charge is -2.23. The molecule has 1 fully saturated rings. The maximum atomic E-state index is 5.89. The second kappa shape index (κ2) is 7.09. The largest absolute Gasteiger partial charge is 0.493 e. The number of benzene rings is 1. The van der Waals surface area contributed by atoms with E-state index >= 15 is 0 Å². The molecule has 112 valence electrons. The van der Waals surface area contributed by atoms with E-state index < -0.39 is 0 Å². The van der Waals surface area contributed by atoms with E-state index in [0.29, 0.717) is 0 Å². The first-order chi connectivity index (χ1) is 9.55. The van der Waals surface area contributed by atoms with Crippen molar-refractivity contribution in [2.75, 3.05) is 39.5 Å². The van der Waals surface area contributed by atoms with Gasteiger partial charge in [0.2, 0.25) is 0 Å². The van der Waals surface area contributed by atoms with Crippen LogP contribution in [0.3, 0.4) is 0 Å². The fourth-order valence-corrected chi connectivity index (χ4v) is 2.47. The summed E-state index contributed by atoms with van der Waals surface area (Å²) in [4.78, 5) is 1.64. The average molecular weight is 278 g/mol. The van der Waals surface area contributed by atoms with Gasteiger partial charge in [0.05, 0.1) is 26.4 Å². The Hall–Kier alpha value is -1.06. The molecule has 1 aromatic carbocycles. The van der Waals surface area contributed by atoms with Crippen LogP contribution >= 0.6 is 0 Å². The Morgan fingerprint density at radius 2 is 1.95 bits per heavy atom. The average Bonchev–Trinajstić information content (AvgIpc) is 2.44. The zero-order chi connectivity index (χ0) is 14.4. The lowest BCUT2D eigenvalue weighted by molar-refractivity contribution is -0.908. The first-order valence-corrected chi connectivity index (χ1v) is 7.70. The minimum atomic E-state index is 0.178. The van der Waals surface area contributed by atoms with Crippen LogP contribution < -0.4 is 9.64 Å². The Bertz CT molecular complexity index is 406. The Labute approximate surface area is 122 Å². The third-order valence-electron chi connectivity index (χ3n) is 3.84. The van der Waals surface area contributed by atoms with E-state index in [0.717, 1.165) is 45.1 Å². The van der Waals surface area contributed by atoms with Gasteiger partial charge in [-0.1, -0.05) is 32.9 Å². The Morgan fingerprint density at radius 3 is 2.65 bits per heavy atom. The monoisotopic (exact) mass is 278 g/mol. The molecular weight excluding hydrogens is 250 g/mol. The second-order valence-corrected chi connectivity index (χ2v) is 6.59. The minimum absolute atomic E-state index is 0.178. The van der Waals surface area contributed by atoms with Gasteiger partial charge in [0.25, 0.3) is 0 Å². The van der Waals surface area contributed by atoms with E-state index in [1.54, 1.807) is 4.90 Å². The molecule has 0 bridgehead atoms. The normalized spacial score (nSPS) is 17.1. The lowest BCUT2D eigenvalue weighted by atomic mass is 9.87. The van der Waals surface area contributed by atoms with Crippen LogP contribution in [0, 0.1) is 0 Å². The molecule has 1 aromatic rings. The summed E-state index contributed by atoms with van der Waals surface area (Å²) in [5.41, 5.74) is 1.51. The van der Waals surface area contributed by atoms with E-state index in [-0.39, 0.29) is 5.41 Å². The predicted molar refractivity (Wildman–Crippen MR) is 81.6 cm³/mol. The van der Waals surface area contributed by atoms with Gasteiger partial charge in [0.15, 0.2) is 0 Å². The summed E-state index contributed by atoms with van der Waals surface area (Å²) in [5, 5.41) is 0. The summed E-state index contributed by atoms with van der Waals surface area (Å²) < 4.78 is 11.3. The quantitative estimate of drug-likeness (QED) is 0.828. The van der Waals surface area contributed by atoms with Crippen LogP contribution in [0.15, 0.2) is 24.3 Å². The van der Waals surface area contributed by atoms with Crippen LogP contribution in [0.2, 0.25) is 0 Å². The molecule has 1 N–H and O–H groups in total. The van der Waals surface area contributed by atoms with Gasteiger partial charge in [-0.15, -0.1) is 0 Å². The van der Waals surface area contributed by atoms with E-state index in [9.17, 15) is 0 Å². The highest BCUT2D eigenvalue weighted by atomic mass is 16.5. The van der Waals surface area contributed by atoms with Crippen molar-refractivity contribution in [2.45, 2.75) is 32.6 Å². The third kappa shape index (κ3) is 4.80. The molecule has 0 radical (unpaired) electrons. The molecule has 0 amide bonds. The number of hydrogen-bond acceptors (Lipinski definition) is 2. The highest BCUT2D eigenvalue weighted by Crippen LogP contribution is 2.25.